The average molecular weight is 293 g/mol. The number of allylic oxidation sites excluding steroid dienone is 2. The average Bonchev–Trinajstić information content (AvgIpc) is 2.25. The van der Waals surface area contributed by atoms with E-state index in [1.54, 1.807) is 13.8 Å². The van der Waals surface area contributed by atoms with Gasteiger partial charge in [-0.1, -0.05) is 0 Å². The van der Waals surface area contributed by atoms with Gasteiger partial charge < -0.3 is 0 Å². The molecule has 1 aromatic rings. The Balaban J connectivity index is 2.34. The molecule has 0 unspecified atom stereocenters. The molecule has 17 heavy (non-hydrogen) atoms. The van der Waals surface area contributed by atoms with E-state index in [4.69, 9.17) is 0 Å². The van der Waals surface area contributed by atoms with Crippen LogP contribution < -0.4 is 0 Å². The first-order valence-corrected chi connectivity index (χ1v) is 7.28. The van der Waals surface area contributed by atoms with Crippen molar-refractivity contribution in [3.05, 3.63) is 40.4 Å². The summed E-state index contributed by atoms with van der Waals surface area (Å²) in [5.41, 5.74) is 2.36. The summed E-state index contributed by atoms with van der Waals surface area (Å²) in [4.78, 5) is 22.7. The molecule has 0 bridgehead atoms. The molecule has 1 aliphatic rings. The van der Waals surface area contributed by atoms with Crippen LogP contribution in [-0.2, 0) is 9.59 Å². The number of ketones is 1. The molecule has 2 rings (SSSR count). The second-order valence-corrected chi connectivity index (χ2v) is 6.73. The summed E-state index contributed by atoms with van der Waals surface area (Å²) in [6.45, 7) is 3.22. The minimum atomic E-state index is -0.181. The van der Waals surface area contributed by atoms with Crippen molar-refractivity contribution in [3.8, 4) is 0 Å². The fraction of sp³-hybridized carbons (Fsp3) is 0.286. The van der Waals surface area contributed by atoms with Crippen LogP contribution in [0.1, 0.15) is 25.8 Å². The molecule has 3 heteroatoms. The monoisotopic (exact) mass is 294 g/mol. The number of carbonyl (C=O) groups excluding carboxylic acids is 2. The molecular weight excluding hydrogens is 279 g/mol. The molecule has 2 nitrogen and oxygen atoms in total. The van der Waals surface area contributed by atoms with Gasteiger partial charge in [0, 0.05) is 0 Å². The van der Waals surface area contributed by atoms with Crippen molar-refractivity contribution in [1.82, 2.24) is 0 Å². The number of benzene rings is 1. The van der Waals surface area contributed by atoms with Gasteiger partial charge in [0.25, 0.3) is 0 Å². The van der Waals surface area contributed by atoms with Crippen molar-refractivity contribution in [2.24, 2.45) is 5.92 Å². The van der Waals surface area contributed by atoms with E-state index in [1.165, 1.54) is 5.57 Å². The summed E-state index contributed by atoms with van der Waals surface area (Å²) in [6, 6.07) is 10.0. The number of hydrogen-bond donors (Lipinski definition) is 0. The van der Waals surface area contributed by atoms with Crippen molar-refractivity contribution in [2.45, 2.75) is 20.3 Å². The van der Waals surface area contributed by atoms with E-state index in [1.807, 2.05) is 30.3 Å². The Hall–Kier alpha value is -1.18. The molecule has 0 N–H and O–H groups in total. The molecule has 1 aliphatic carbocycles. The summed E-state index contributed by atoms with van der Waals surface area (Å²) in [5, 5.41) is 0. The Kier molecular flexibility index (Phi) is 3.60. The van der Waals surface area contributed by atoms with Crippen LogP contribution >= 0.6 is 0 Å². The summed E-state index contributed by atoms with van der Waals surface area (Å²) in [6.07, 6.45) is 0.795. The van der Waals surface area contributed by atoms with Gasteiger partial charge in [0.15, 0.2) is 0 Å². The third-order valence-corrected chi connectivity index (χ3v) is 5.07. The van der Waals surface area contributed by atoms with Crippen molar-refractivity contribution in [3.63, 3.8) is 0 Å². The molecule has 0 aliphatic heterocycles. The fourth-order valence-electron chi connectivity index (χ4n) is 1.99. The normalized spacial score (nSPS) is 18.8. The van der Waals surface area contributed by atoms with E-state index < -0.39 is 0 Å². The van der Waals surface area contributed by atoms with Crippen LogP contribution in [0.2, 0.25) is 0 Å². The summed E-state index contributed by atoms with van der Waals surface area (Å²) in [7, 11) is 0. The first-order valence-electron chi connectivity index (χ1n) is 5.57. The van der Waals surface area contributed by atoms with Crippen LogP contribution in [0.4, 0.5) is 0 Å². The van der Waals surface area contributed by atoms with Crippen LogP contribution in [0.5, 0.6) is 0 Å². The molecule has 0 spiro atoms. The van der Waals surface area contributed by atoms with Gasteiger partial charge in [0.05, 0.1) is 0 Å². The molecule has 0 radical (unpaired) electrons. The second kappa shape index (κ2) is 4.99. The quantitative estimate of drug-likeness (QED) is 0.798. The molecule has 1 aromatic carbocycles. The van der Waals surface area contributed by atoms with Crippen LogP contribution in [0.3, 0.4) is 0 Å². The van der Waals surface area contributed by atoms with Crippen molar-refractivity contribution >= 4 is 31.0 Å². The van der Waals surface area contributed by atoms with Crippen molar-refractivity contribution < 1.29 is 9.59 Å². The van der Waals surface area contributed by atoms with E-state index in [-0.39, 0.29) is 31.3 Å². The van der Waals surface area contributed by atoms with Crippen molar-refractivity contribution in [1.29, 1.82) is 0 Å². The van der Waals surface area contributed by atoms with Gasteiger partial charge in [-0.05, 0) is 0 Å². The molecule has 1 atom stereocenters. The summed E-state index contributed by atoms with van der Waals surface area (Å²) >= 11 is -0.181. The van der Waals surface area contributed by atoms with Crippen LogP contribution in [0.15, 0.2) is 34.8 Å². The molecule has 88 valence electrons. The molecular formula is C14H14O2Se. The van der Waals surface area contributed by atoms with Gasteiger partial charge in [-0.2, -0.15) is 0 Å². The Morgan fingerprint density at radius 2 is 1.82 bits per heavy atom. The Morgan fingerprint density at radius 1 is 1.18 bits per heavy atom. The first-order chi connectivity index (χ1) is 8.09. The summed E-state index contributed by atoms with van der Waals surface area (Å²) in [5.74, 6) is 0.178. The van der Waals surface area contributed by atoms with Crippen LogP contribution in [0.25, 0.3) is 5.57 Å². The van der Waals surface area contributed by atoms with Crippen LogP contribution in [0, 0.1) is 5.92 Å². The first kappa shape index (κ1) is 12.3. The maximum atomic E-state index is 11.5. The maximum absolute atomic E-state index is 11.5. The Bertz CT molecular complexity index is 488. The van der Waals surface area contributed by atoms with Gasteiger partial charge in [-0.3, -0.25) is 0 Å². The van der Waals surface area contributed by atoms with E-state index in [0.29, 0.717) is 0 Å². The molecule has 0 saturated heterocycles. The third kappa shape index (κ3) is 2.56. The predicted octanol–water partition coefficient (Wildman–Crippen LogP) is 2.26. The summed E-state index contributed by atoms with van der Waals surface area (Å²) < 4.78 is 1.27. The predicted molar refractivity (Wildman–Crippen MR) is 68.6 cm³/mol. The Morgan fingerprint density at radius 3 is 2.35 bits per heavy atom. The SMILES string of the molecule is CC(=O)[Se]C1=C(c2ccccc2)C[C@H]1C(C)=O. The second-order valence-electron chi connectivity index (χ2n) is 4.17. The van der Waals surface area contributed by atoms with Gasteiger partial charge in [-0.15, -0.1) is 0 Å². The molecule has 0 fully saturated rings. The third-order valence-electron chi connectivity index (χ3n) is 2.89. The van der Waals surface area contributed by atoms with Crippen molar-refractivity contribution in [2.75, 3.05) is 0 Å². The number of rotatable bonds is 4. The number of hydrogen-bond acceptors (Lipinski definition) is 2. The fourth-order valence-corrected chi connectivity index (χ4v) is 4.14. The van der Waals surface area contributed by atoms with E-state index >= 15 is 0 Å². The topological polar surface area (TPSA) is 34.1 Å². The zero-order valence-corrected chi connectivity index (χ0v) is 11.6. The van der Waals surface area contributed by atoms with Gasteiger partial charge in [0.1, 0.15) is 0 Å². The zero-order valence-electron chi connectivity index (χ0n) is 9.90. The number of Topliss-reactive ketones (excluding diaryl/α,β-unsaturated/α-hetero) is 1. The van der Waals surface area contributed by atoms with Gasteiger partial charge in [-0.25, -0.2) is 0 Å². The molecule has 0 aromatic heterocycles. The molecule has 0 amide bonds. The van der Waals surface area contributed by atoms with Gasteiger partial charge >= 0.3 is 107 Å². The Labute approximate surface area is 107 Å². The van der Waals surface area contributed by atoms with Gasteiger partial charge in [0.2, 0.25) is 0 Å². The number of carbonyl (C=O) groups is 2. The molecule has 0 heterocycles. The van der Waals surface area contributed by atoms with E-state index in [2.05, 4.69) is 0 Å². The zero-order chi connectivity index (χ0) is 12.4. The van der Waals surface area contributed by atoms with Crippen LogP contribution in [-0.4, -0.2) is 25.4 Å². The minimum absolute atomic E-state index is 0.00546. The van der Waals surface area contributed by atoms with E-state index in [9.17, 15) is 9.59 Å². The van der Waals surface area contributed by atoms with E-state index in [0.717, 1.165) is 16.5 Å². The standard InChI is InChI=1S/C14H14O2Se/c1-9(15)12-8-13(14(12)17-10(2)16)11-6-4-3-5-7-11/h3-7,12H,8H2,1-2H3/t12-/m0/s1. The molecule has 0 saturated carbocycles.